The van der Waals surface area contributed by atoms with Gasteiger partial charge in [-0.1, -0.05) is 135 Å². The fraction of sp³-hybridized carbons (Fsp3) is 0.0682. The summed E-state index contributed by atoms with van der Waals surface area (Å²) in [7, 11) is 0. The molecule has 1 heterocycles. The Morgan fingerprint density at radius 3 is 1.89 bits per heavy atom. The van der Waals surface area contributed by atoms with E-state index in [2.05, 4.69) is 152 Å². The third kappa shape index (κ3) is 3.84. The molecule has 0 unspecified atom stereocenters. The fourth-order valence-corrected chi connectivity index (χ4v) is 7.82. The molecule has 8 aromatic rings. The van der Waals surface area contributed by atoms with E-state index in [-0.39, 0.29) is 5.41 Å². The maximum atomic E-state index is 4.53. The lowest BCUT2D eigenvalue weighted by molar-refractivity contribution is 0.660. The highest BCUT2D eigenvalue weighted by Crippen LogP contribution is 2.51. The molecule has 0 amide bonds. The second kappa shape index (κ2) is 9.74. The molecule has 45 heavy (non-hydrogen) atoms. The van der Waals surface area contributed by atoms with Gasteiger partial charge < -0.3 is 0 Å². The van der Waals surface area contributed by atoms with Gasteiger partial charge in [-0.25, -0.2) is 0 Å². The van der Waals surface area contributed by atoms with Crippen molar-refractivity contribution >= 4 is 32.3 Å². The number of nitrogens with zero attached hydrogens (tertiary/aromatic N) is 1. The van der Waals surface area contributed by atoms with Gasteiger partial charge in [-0.2, -0.15) is 0 Å². The molecule has 0 fully saturated rings. The van der Waals surface area contributed by atoms with Crippen LogP contribution in [0.1, 0.15) is 25.0 Å². The van der Waals surface area contributed by atoms with Crippen molar-refractivity contribution in [2.45, 2.75) is 19.3 Å². The van der Waals surface area contributed by atoms with Gasteiger partial charge in [0, 0.05) is 23.4 Å². The minimum atomic E-state index is -0.0721. The monoisotopic (exact) mass is 573 g/mol. The van der Waals surface area contributed by atoms with Crippen LogP contribution >= 0.6 is 0 Å². The molecule has 1 heteroatoms. The van der Waals surface area contributed by atoms with Crippen LogP contribution in [0, 0.1) is 0 Å². The molecular weight excluding hydrogens is 542 g/mol. The first-order valence-electron chi connectivity index (χ1n) is 15.7. The Balaban J connectivity index is 1.39. The van der Waals surface area contributed by atoms with Crippen LogP contribution in [0.25, 0.3) is 76.8 Å². The van der Waals surface area contributed by atoms with Gasteiger partial charge in [-0.3, -0.25) is 4.98 Å². The Labute approximate surface area is 263 Å². The van der Waals surface area contributed by atoms with Gasteiger partial charge >= 0.3 is 0 Å². The van der Waals surface area contributed by atoms with Gasteiger partial charge in [0.1, 0.15) is 0 Å². The molecule has 1 aromatic heterocycles. The number of pyridine rings is 1. The molecule has 0 saturated heterocycles. The van der Waals surface area contributed by atoms with Crippen LogP contribution in [0.5, 0.6) is 0 Å². The van der Waals surface area contributed by atoms with Crippen molar-refractivity contribution in [1.29, 1.82) is 0 Å². The minimum Gasteiger partial charge on any atom is -0.264 e. The van der Waals surface area contributed by atoms with Crippen LogP contribution in [0.15, 0.2) is 152 Å². The lowest BCUT2D eigenvalue weighted by Gasteiger charge is -2.23. The van der Waals surface area contributed by atoms with Crippen LogP contribution in [0.2, 0.25) is 0 Å². The Bertz CT molecular complexity index is 2440. The summed E-state index contributed by atoms with van der Waals surface area (Å²) in [5.74, 6) is 0. The van der Waals surface area contributed by atoms with Crippen LogP contribution in [-0.2, 0) is 5.41 Å². The summed E-state index contributed by atoms with van der Waals surface area (Å²) in [5.41, 5.74) is 12.8. The van der Waals surface area contributed by atoms with E-state index in [0.29, 0.717) is 0 Å². The highest BCUT2D eigenvalue weighted by molar-refractivity contribution is 6.22. The summed E-state index contributed by atoms with van der Waals surface area (Å²) in [6.07, 6.45) is 3.85. The summed E-state index contributed by atoms with van der Waals surface area (Å²) in [6.45, 7) is 4.73. The van der Waals surface area contributed by atoms with E-state index in [1.165, 1.54) is 82.4 Å². The number of fused-ring (bicyclic) bond motifs is 6. The fourth-order valence-electron chi connectivity index (χ4n) is 7.82. The lowest BCUT2D eigenvalue weighted by atomic mass is 9.80. The molecule has 0 aliphatic heterocycles. The van der Waals surface area contributed by atoms with E-state index < -0.39 is 0 Å². The average Bonchev–Trinajstić information content (AvgIpc) is 3.32. The zero-order valence-corrected chi connectivity index (χ0v) is 25.4. The van der Waals surface area contributed by atoms with E-state index in [9.17, 15) is 0 Å². The SMILES string of the molecule is CC1(C)c2ccccc2-c2ccc(-c3c4ccccc4c(-c4cccnc4)c4ccc(-c5cccc6ccccc56)cc34)cc21. The van der Waals surface area contributed by atoms with Gasteiger partial charge in [0.15, 0.2) is 0 Å². The second-order valence-electron chi connectivity index (χ2n) is 12.8. The molecule has 0 saturated carbocycles. The van der Waals surface area contributed by atoms with Crippen molar-refractivity contribution in [2.24, 2.45) is 0 Å². The van der Waals surface area contributed by atoms with Crippen molar-refractivity contribution in [3.63, 3.8) is 0 Å². The summed E-state index contributed by atoms with van der Waals surface area (Å²) in [4.78, 5) is 4.53. The summed E-state index contributed by atoms with van der Waals surface area (Å²) in [5, 5.41) is 7.52. The number of rotatable bonds is 3. The normalized spacial score (nSPS) is 13.3. The standard InChI is InChI=1S/C44H31N/c1-44(2)40-19-8-7-15-34(40)35-22-21-30(26-41(35)44)42-36-16-5-6-17-37(36)43(31-13-10-24-45-27-31)38-23-20-29(25-39(38)42)33-18-9-12-28-11-3-4-14-32(28)33/h3-27H,1-2H3. The van der Waals surface area contributed by atoms with Gasteiger partial charge in [0.25, 0.3) is 0 Å². The predicted molar refractivity (Wildman–Crippen MR) is 191 cm³/mol. The van der Waals surface area contributed by atoms with E-state index in [1.807, 2.05) is 18.5 Å². The molecule has 7 aromatic carbocycles. The minimum absolute atomic E-state index is 0.0721. The summed E-state index contributed by atoms with van der Waals surface area (Å²) >= 11 is 0. The summed E-state index contributed by atoms with van der Waals surface area (Å²) < 4.78 is 0. The highest BCUT2D eigenvalue weighted by Gasteiger charge is 2.35. The van der Waals surface area contributed by atoms with Crippen LogP contribution in [0.3, 0.4) is 0 Å². The zero-order valence-electron chi connectivity index (χ0n) is 25.4. The van der Waals surface area contributed by atoms with Gasteiger partial charge in [-0.15, -0.1) is 0 Å². The lowest BCUT2D eigenvalue weighted by Crippen LogP contribution is -2.14. The molecule has 1 nitrogen and oxygen atoms in total. The third-order valence-electron chi connectivity index (χ3n) is 9.95. The van der Waals surface area contributed by atoms with Crippen LogP contribution in [0.4, 0.5) is 0 Å². The number of hydrogen-bond acceptors (Lipinski definition) is 1. The van der Waals surface area contributed by atoms with Crippen molar-refractivity contribution in [3.05, 3.63) is 163 Å². The first-order valence-corrected chi connectivity index (χ1v) is 15.7. The molecule has 212 valence electrons. The van der Waals surface area contributed by atoms with E-state index >= 15 is 0 Å². The first kappa shape index (κ1) is 25.9. The van der Waals surface area contributed by atoms with Crippen molar-refractivity contribution in [1.82, 2.24) is 4.98 Å². The van der Waals surface area contributed by atoms with Crippen molar-refractivity contribution in [2.75, 3.05) is 0 Å². The number of aromatic nitrogens is 1. The first-order chi connectivity index (χ1) is 22.1. The molecule has 9 rings (SSSR count). The van der Waals surface area contributed by atoms with Crippen molar-refractivity contribution in [3.8, 4) is 44.5 Å². The quantitative estimate of drug-likeness (QED) is 0.192. The molecular formula is C44H31N. The van der Waals surface area contributed by atoms with Gasteiger partial charge in [-0.05, 0) is 101 Å². The molecule has 0 spiro atoms. The number of hydrogen-bond donors (Lipinski definition) is 0. The van der Waals surface area contributed by atoms with Gasteiger partial charge in [0.2, 0.25) is 0 Å². The smallest absolute Gasteiger partial charge is 0.0346 e. The van der Waals surface area contributed by atoms with E-state index in [0.717, 1.165) is 5.56 Å². The van der Waals surface area contributed by atoms with Gasteiger partial charge in [0.05, 0.1) is 0 Å². The molecule has 0 atom stereocenters. The maximum Gasteiger partial charge on any atom is 0.0346 e. The largest absolute Gasteiger partial charge is 0.264 e. The van der Waals surface area contributed by atoms with E-state index in [4.69, 9.17) is 0 Å². The highest BCUT2D eigenvalue weighted by atomic mass is 14.6. The number of benzene rings is 7. The average molecular weight is 574 g/mol. The third-order valence-corrected chi connectivity index (χ3v) is 9.95. The van der Waals surface area contributed by atoms with E-state index in [1.54, 1.807) is 0 Å². The Hall–Kier alpha value is -5.53. The molecule has 0 radical (unpaired) electrons. The summed E-state index contributed by atoms with van der Waals surface area (Å²) in [6, 6.07) is 51.5. The Kier molecular flexibility index (Phi) is 5.61. The molecule has 0 bridgehead atoms. The Morgan fingerprint density at radius 2 is 1.07 bits per heavy atom. The Morgan fingerprint density at radius 1 is 0.422 bits per heavy atom. The second-order valence-corrected chi connectivity index (χ2v) is 12.8. The molecule has 1 aliphatic rings. The predicted octanol–water partition coefficient (Wildman–Crippen LogP) is 11.8. The molecule has 0 N–H and O–H groups in total. The maximum absolute atomic E-state index is 4.53. The van der Waals surface area contributed by atoms with Crippen LogP contribution < -0.4 is 0 Å². The van der Waals surface area contributed by atoms with Crippen molar-refractivity contribution < 1.29 is 0 Å². The molecule has 1 aliphatic carbocycles. The topological polar surface area (TPSA) is 12.9 Å². The van der Waals surface area contributed by atoms with Crippen LogP contribution in [-0.4, -0.2) is 4.98 Å². The zero-order chi connectivity index (χ0) is 30.1.